The van der Waals surface area contributed by atoms with Gasteiger partial charge in [-0.1, -0.05) is 36.3 Å². The lowest BCUT2D eigenvalue weighted by Gasteiger charge is -2.22. The van der Waals surface area contributed by atoms with Gasteiger partial charge in [0.1, 0.15) is 17.0 Å². The van der Waals surface area contributed by atoms with Crippen LogP contribution in [0, 0.1) is 19.8 Å². The van der Waals surface area contributed by atoms with Gasteiger partial charge in [-0.3, -0.25) is 9.59 Å². The molecule has 0 aliphatic heterocycles. The van der Waals surface area contributed by atoms with Crippen LogP contribution in [-0.2, 0) is 4.79 Å². The third kappa shape index (κ3) is 4.47. The van der Waals surface area contributed by atoms with Crippen LogP contribution in [0.3, 0.4) is 0 Å². The van der Waals surface area contributed by atoms with Crippen molar-refractivity contribution in [3.8, 4) is 11.3 Å². The largest absolute Gasteiger partial charge is 0.360 e. The zero-order valence-electron chi connectivity index (χ0n) is 15.4. The van der Waals surface area contributed by atoms with Gasteiger partial charge >= 0.3 is 0 Å². The van der Waals surface area contributed by atoms with Crippen LogP contribution in [0.1, 0.15) is 35.5 Å². The minimum absolute atomic E-state index is 0.0717. The van der Waals surface area contributed by atoms with E-state index in [1.54, 1.807) is 18.9 Å². The summed E-state index contributed by atoms with van der Waals surface area (Å²) >= 11 is 0. The monoisotopic (exact) mass is 343 g/mol. The molecule has 1 atom stereocenters. The molecule has 0 bridgehead atoms. The van der Waals surface area contributed by atoms with Gasteiger partial charge in [0.15, 0.2) is 0 Å². The standard InChI is InChI=1S/C19H25N3O3/c1-12(10-20-15(4)23)11-22(5)19(24)17-14(3)25-21-18(17)16-9-7-6-8-13(16)2/h6-9,12H,10-11H2,1-5H3,(H,20,23). The van der Waals surface area contributed by atoms with Crippen molar-refractivity contribution in [1.82, 2.24) is 15.4 Å². The highest BCUT2D eigenvalue weighted by molar-refractivity contribution is 6.00. The SMILES string of the molecule is CC(=O)NCC(C)CN(C)C(=O)c1c(-c2ccccc2C)noc1C. The molecule has 0 radical (unpaired) electrons. The molecule has 1 unspecified atom stereocenters. The van der Waals surface area contributed by atoms with Gasteiger partial charge in [-0.25, -0.2) is 0 Å². The smallest absolute Gasteiger partial charge is 0.259 e. The number of nitrogens with zero attached hydrogens (tertiary/aromatic N) is 2. The second-order valence-corrected chi connectivity index (χ2v) is 6.51. The van der Waals surface area contributed by atoms with Crippen molar-refractivity contribution in [2.45, 2.75) is 27.7 Å². The van der Waals surface area contributed by atoms with Gasteiger partial charge in [-0.15, -0.1) is 0 Å². The molecule has 0 aliphatic rings. The summed E-state index contributed by atoms with van der Waals surface area (Å²) in [7, 11) is 1.75. The van der Waals surface area contributed by atoms with Crippen LogP contribution in [0.2, 0.25) is 0 Å². The summed E-state index contributed by atoms with van der Waals surface area (Å²) in [4.78, 5) is 25.6. The number of benzene rings is 1. The van der Waals surface area contributed by atoms with Crippen LogP contribution < -0.4 is 5.32 Å². The molecule has 0 saturated carbocycles. The highest BCUT2D eigenvalue weighted by atomic mass is 16.5. The number of aromatic nitrogens is 1. The number of carbonyl (C=O) groups excluding carboxylic acids is 2. The molecular formula is C19H25N3O3. The van der Waals surface area contributed by atoms with E-state index in [1.165, 1.54) is 6.92 Å². The van der Waals surface area contributed by atoms with Gasteiger partial charge in [-0.2, -0.15) is 0 Å². The van der Waals surface area contributed by atoms with E-state index in [0.717, 1.165) is 11.1 Å². The Labute approximate surface area is 148 Å². The molecule has 1 aromatic carbocycles. The number of carbonyl (C=O) groups is 2. The van der Waals surface area contributed by atoms with E-state index in [-0.39, 0.29) is 17.7 Å². The van der Waals surface area contributed by atoms with E-state index in [9.17, 15) is 9.59 Å². The Kier molecular flexibility index (Phi) is 5.96. The summed E-state index contributed by atoms with van der Waals surface area (Å²) in [6, 6.07) is 7.78. The van der Waals surface area contributed by atoms with Gasteiger partial charge in [0.25, 0.3) is 5.91 Å². The van der Waals surface area contributed by atoms with Crippen LogP contribution in [-0.4, -0.2) is 42.0 Å². The molecule has 6 heteroatoms. The van der Waals surface area contributed by atoms with Crippen LogP contribution in [0.25, 0.3) is 11.3 Å². The molecular weight excluding hydrogens is 318 g/mol. The van der Waals surface area contributed by atoms with Crippen molar-refractivity contribution >= 4 is 11.8 Å². The lowest BCUT2D eigenvalue weighted by Crippen LogP contribution is -2.36. The number of aryl methyl sites for hydroxylation is 2. The molecule has 1 aromatic heterocycles. The lowest BCUT2D eigenvalue weighted by atomic mass is 10.0. The predicted molar refractivity (Wildman–Crippen MR) is 96.2 cm³/mol. The molecule has 25 heavy (non-hydrogen) atoms. The van der Waals surface area contributed by atoms with Gasteiger partial charge in [0, 0.05) is 32.6 Å². The van der Waals surface area contributed by atoms with Gasteiger partial charge in [0.2, 0.25) is 5.91 Å². The summed E-state index contributed by atoms with van der Waals surface area (Å²) in [5, 5.41) is 6.88. The lowest BCUT2D eigenvalue weighted by molar-refractivity contribution is -0.119. The summed E-state index contributed by atoms with van der Waals surface area (Å²) < 4.78 is 5.31. The topological polar surface area (TPSA) is 75.4 Å². The first kappa shape index (κ1) is 18.7. The van der Waals surface area contributed by atoms with Crippen molar-refractivity contribution in [1.29, 1.82) is 0 Å². The molecule has 1 N–H and O–H groups in total. The average molecular weight is 343 g/mol. The van der Waals surface area contributed by atoms with E-state index in [4.69, 9.17) is 4.52 Å². The third-order valence-electron chi connectivity index (χ3n) is 4.11. The first-order valence-corrected chi connectivity index (χ1v) is 8.33. The minimum Gasteiger partial charge on any atom is -0.360 e. The van der Waals surface area contributed by atoms with Gasteiger partial charge < -0.3 is 14.7 Å². The molecule has 0 aliphatic carbocycles. The zero-order valence-corrected chi connectivity index (χ0v) is 15.4. The maximum atomic E-state index is 12.9. The van der Waals surface area contributed by atoms with Crippen LogP contribution in [0.4, 0.5) is 0 Å². The van der Waals surface area contributed by atoms with E-state index in [2.05, 4.69) is 10.5 Å². The minimum atomic E-state index is -0.133. The molecule has 0 saturated heterocycles. The second-order valence-electron chi connectivity index (χ2n) is 6.51. The predicted octanol–water partition coefficient (Wildman–Crippen LogP) is 2.80. The molecule has 2 amide bonds. The highest BCUT2D eigenvalue weighted by Gasteiger charge is 2.25. The van der Waals surface area contributed by atoms with Crippen molar-refractivity contribution in [2.75, 3.05) is 20.1 Å². The Hall–Kier alpha value is -2.63. The molecule has 0 fully saturated rings. The molecule has 0 spiro atoms. The quantitative estimate of drug-likeness (QED) is 0.875. The molecule has 1 heterocycles. The maximum Gasteiger partial charge on any atom is 0.259 e. The first-order chi connectivity index (χ1) is 11.8. The van der Waals surface area contributed by atoms with Crippen LogP contribution in [0.15, 0.2) is 28.8 Å². The van der Waals surface area contributed by atoms with E-state index >= 15 is 0 Å². The third-order valence-corrected chi connectivity index (χ3v) is 4.11. The van der Waals surface area contributed by atoms with Crippen molar-refractivity contribution in [2.24, 2.45) is 5.92 Å². The zero-order chi connectivity index (χ0) is 18.6. The fourth-order valence-corrected chi connectivity index (χ4v) is 2.77. The van der Waals surface area contributed by atoms with Crippen molar-refractivity contribution in [3.63, 3.8) is 0 Å². The summed E-state index contributed by atoms with van der Waals surface area (Å²) in [5.41, 5.74) is 2.99. The van der Waals surface area contributed by atoms with E-state index < -0.39 is 0 Å². The highest BCUT2D eigenvalue weighted by Crippen LogP contribution is 2.28. The molecule has 2 rings (SSSR count). The van der Waals surface area contributed by atoms with Gasteiger partial charge in [0.05, 0.1) is 0 Å². The number of amides is 2. The Morgan fingerprint density at radius 3 is 2.60 bits per heavy atom. The Balaban J connectivity index is 2.21. The second kappa shape index (κ2) is 7.96. The molecule has 6 nitrogen and oxygen atoms in total. The fraction of sp³-hybridized carbons (Fsp3) is 0.421. The Bertz CT molecular complexity index is 767. The number of hydrogen-bond donors (Lipinski definition) is 1. The number of rotatable bonds is 6. The van der Waals surface area contributed by atoms with Crippen LogP contribution in [0.5, 0.6) is 0 Å². The van der Waals surface area contributed by atoms with E-state index in [1.807, 2.05) is 38.1 Å². The van der Waals surface area contributed by atoms with Crippen molar-refractivity contribution in [3.05, 3.63) is 41.2 Å². The Morgan fingerprint density at radius 2 is 1.96 bits per heavy atom. The van der Waals surface area contributed by atoms with Gasteiger partial charge in [-0.05, 0) is 25.3 Å². The summed E-state index contributed by atoms with van der Waals surface area (Å²) in [6.45, 7) is 8.25. The number of hydrogen-bond acceptors (Lipinski definition) is 4. The van der Waals surface area contributed by atoms with Crippen molar-refractivity contribution < 1.29 is 14.1 Å². The average Bonchev–Trinajstić information content (AvgIpc) is 2.94. The first-order valence-electron chi connectivity index (χ1n) is 8.33. The van der Waals surface area contributed by atoms with Crippen LogP contribution >= 0.6 is 0 Å². The normalized spacial score (nSPS) is 11.9. The summed E-state index contributed by atoms with van der Waals surface area (Å²) in [6.07, 6.45) is 0. The van der Waals surface area contributed by atoms with E-state index in [0.29, 0.717) is 30.1 Å². The Morgan fingerprint density at radius 1 is 1.28 bits per heavy atom. The maximum absolute atomic E-state index is 12.9. The summed E-state index contributed by atoms with van der Waals surface area (Å²) in [5.74, 6) is 0.439. The number of nitrogens with one attached hydrogen (secondary N) is 1. The fourth-order valence-electron chi connectivity index (χ4n) is 2.77. The molecule has 2 aromatic rings. The molecule has 134 valence electrons.